The Bertz CT molecular complexity index is 1200. The maximum atomic E-state index is 13.0. The van der Waals surface area contributed by atoms with Crippen molar-refractivity contribution in [1.82, 2.24) is 5.32 Å². The van der Waals surface area contributed by atoms with Crippen molar-refractivity contribution in [2.75, 3.05) is 11.9 Å². The fraction of sp³-hybridized carbons (Fsp3) is 0.214. The number of rotatable bonds is 6. The summed E-state index contributed by atoms with van der Waals surface area (Å²) in [5.74, 6) is -0.187. The van der Waals surface area contributed by atoms with Gasteiger partial charge in [-0.1, -0.05) is 71.9 Å². The molecule has 0 saturated carbocycles. The lowest BCUT2D eigenvalue weighted by atomic mass is 10.1. The highest BCUT2D eigenvalue weighted by molar-refractivity contribution is 8.04. The monoisotopic (exact) mass is 456 g/mol. The number of benzene rings is 3. The minimum atomic E-state index is -0.120. The maximum Gasteiger partial charge on any atom is 0.264 e. The van der Waals surface area contributed by atoms with Crippen LogP contribution in [0, 0.1) is 6.92 Å². The molecule has 0 bridgehead atoms. The first-order valence-electron chi connectivity index (χ1n) is 11.1. The van der Waals surface area contributed by atoms with Crippen LogP contribution >= 0.6 is 11.8 Å². The second kappa shape index (κ2) is 10.1. The smallest absolute Gasteiger partial charge is 0.264 e. The van der Waals surface area contributed by atoms with Crippen LogP contribution < -0.4 is 10.2 Å². The van der Waals surface area contributed by atoms with Crippen molar-refractivity contribution < 1.29 is 9.59 Å². The van der Waals surface area contributed by atoms with E-state index in [0.29, 0.717) is 10.5 Å². The Kier molecular flexibility index (Phi) is 6.99. The molecule has 3 aromatic carbocycles. The molecular weight excluding hydrogens is 428 g/mol. The zero-order valence-electron chi connectivity index (χ0n) is 19.2. The molecule has 4 nitrogen and oxygen atoms in total. The highest BCUT2D eigenvalue weighted by atomic mass is 32.2. The fourth-order valence-electron chi connectivity index (χ4n) is 3.85. The standard InChI is InChI=1S/C28H28N2O2S/c1-19-8-7-11-22(16-19)17-26-28(32)30(3)24-18-23(14-15-25(24)33-26)27(31)29-20(2)12-13-21-9-5-4-6-10-21/h4-11,14-18,20H,12-13H2,1-3H3,(H,29,31)/b26-17-/t20-/m0/s1. The molecule has 0 saturated heterocycles. The summed E-state index contributed by atoms with van der Waals surface area (Å²) in [5, 5.41) is 3.09. The highest BCUT2D eigenvalue weighted by Gasteiger charge is 2.27. The number of amides is 2. The molecule has 1 N–H and O–H groups in total. The Labute approximate surface area is 199 Å². The highest BCUT2D eigenvalue weighted by Crippen LogP contribution is 2.42. The van der Waals surface area contributed by atoms with Crippen molar-refractivity contribution >= 4 is 35.3 Å². The van der Waals surface area contributed by atoms with Gasteiger partial charge in [-0.2, -0.15) is 0 Å². The van der Waals surface area contributed by atoms with Gasteiger partial charge in [-0.05, 0) is 62.1 Å². The second-order valence-electron chi connectivity index (χ2n) is 8.47. The van der Waals surface area contributed by atoms with Crippen LogP contribution in [0.3, 0.4) is 0 Å². The van der Waals surface area contributed by atoms with Gasteiger partial charge in [0, 0.05) is 23.5 Å². The Hall–Kier alpha value is -3.31. The molecule has 0 aromatic heterocycles. The molecule has 1 aliphatic rings. The number of nitrogens with one attached hydrogen (secondary N) is 1. The number of hydrogen-bond donors (Lipinski definition) is 1. The number of thioether (sulfide) groups is 1. The predicted octanol–water partition coefficient (Wildman–Crippen LogP) is 5.86. The molecule has 0 aliphatic carbocycles. The summed E-state index contributed by atoms with van der Waals surface area (Å²) in [6.45, 7) is 4.06. The van der Waals surface area contributed by atoms with Crippen LogP contribution in [0.5, 0.6) is 0 Å². The van der Waals surface area contributed by atoms with Gasteiger partial charge in [0.1, 0.15) is 0 Å². The van der Waals surface area contributed by atoms with E-state index in [1.165, 1.54) is 17.3 Å². The molecule has 168 valence electrons. The lowest BCUT2D eigenvalue weighted by Gasteiger charge is -2.27. The average Bonchev–Trinajstić information content (AvgIpc) is 2.81. The van der Waals surface area contributed by atoms with Crippen molar-refractivity contribution in [2.24, 2.45) is 0 Å². The minimum Gasteiger partial charge on any atom is -0.350 e. The molecule has 0 radical (unpaired) electrons. The lowest BCUT2D eigenvalue weighted by molar-refractivity contribution is -0.114. The van der Waals surface area contributed by atoms with Gasteiger partial charge in [-0.3, -0.25) is 9.59 Å². The van der Waals surface area contributed by atoms with Gasteiger partial charge < -0.3 is 10.2 Å². The first kappa shape index (κ1) is 22.9. The third kappa shape index (κ3) is 5.55. The SMILES string of the molecule is Cc1cccc(/C=C2\Sc3ccc(C(=O)N[C@@H](C)CCc4ccccc4)cc3N(C)C2=O)c1. The van der Waals surface area contributed by atoms with Crippen LogP contribution in [0.15, 0.2) is 82.6 Å². The number of carbonyl (C=O) groups excluding carboxylic acids is 2. The topological polar surface area (TPSA) is 49.4 Å². The normalized spacial score (nSPS) is 15.3. The quantitative estimate of drug-likeness (QED) is 0.473. The number of likely N-dealkylation sites (N-methyl/N-ethyl adjacent to an activating group) is 1. The number of nitrogens with zero attached hydrogens (tertiary/aromatic N) is 1. The van der Waals surface area contributed by atoms with E-state index in [2.05, 4.69) is 23.5 Å². The molecule has 1 aliphatic heterocycles. The number of hydrogen-bond acceptors (Lipinski definition) is 3. The maximum absolute atomic E-state index is 13.0. The van der Waals surface area contributed by atoms with Gasteiger partial charge in [0.05, 0.1) is 10.6 Å². The Morgan fingerprint density at radius 2 is 1.85 bits per heavy atom. The number of carbonyl (C=O) groups is 2. The van der Waals surface area contributed by atoms with Crippen LogP contribution in [0.1, 0.15) is 40.4 Å². The molecule has 33 heavy (non-hydrogen) atoms. The number of aryl methyl sites for hydroxylation is 2. The summed E-state index contributed by atoms with van der Waals surface area (Å²) < 4.78 is 0. The zero-order chi connectivity index (χ0) is 23.4. The van der Waals surface area contributed by atoms with E-state index in [0.717, 1.165) is 34.6 Å². The van der Waals surface area contributed by atoms with E-state index >= 15 is 0 Å². The van der Waals surface area contributed by atoms with E-state index in [-0.39, 0.29) is 17.9 Å². The van der Waals surface area contributed by atoms with Crippen LogP contribution in [0.2, 0.25) is 0 Å². The van der Waals surface area contributed by atoms with E-state index < -0.39 is 0 Å². The van der Waals surface area contributed by atoms with E-state index in [9.17, 15) is 9.59 Å². The lowest BCUT2D eigenvalue weighted by Crippen LogP contribution is -2.34. The van der Waals surface area contributed by atoms with Gasteiger partial charge in [0.15, 0.2) is 0 Å². The Morgan fingerprint density at radius 1 is 1.06 bits per heavy atom. The summed E-state index contributed by atoms with van der Waals surface area (Å²) >= 11 is 1.45. The molecule has 0 unspecified atom stereocenters. The van der Waals surface area contributed by atoms with Gasteiger partial charge in [-0.15, -0.1) is 0 Å². The minimum absolute atomic E-state index is 0.0475. The number of anilines is 1. The summed E-state index contributed by atoms with van der Waals surface area (Å²) in [6, 6.07) is 24.0. The van der Waals surface area contributed by atoms with E-state index in [4.69, 9.17) is 0 Å². The molecule has 2 amide bonds. The first-order valence-corrected chi connectivity index (χ1v) is 12.0. The molecule has 1 heterocycles. The van der Waals surface area contributed by atoms with Gasteiger partial charge in [0.25, 0.3) is 11.8 Å². The van der Waals surface area contributed by atoms with Crippen LogP contribution in [0.25, 0.3) is 6.08 Å². The first-order chi connectivity index (χ1) is 15.9. The van der Waals surface area contributed by atoms with E-state index in [1.54, 1.807) is 11.9 Å². The third-order valence-corrected chi connectivity index (χ3v) is 6.82. The summed E-state index contributed by atoms with van der Waals surface area (Å²) in [4.78, 5) is 29.1. The molecule has 1 atom stereocenters. The zero-order valence-corrected chi connectivity index (χ0v) is 20.0. The van der Waals surface area contributed by atoms with Crippen molar-refractivity contribution in [3.05, 3.63) is 100.0 Å². The van der Waals surface area contributed by atoms with Crippen molar-refractivity contribution in [3.8, 4) is 0 Å². The molecule has 4 rings (SSSR count). The summed E-state index contributed by atoms with van der Waals surface area (Å²) in [6.07, 6.45) is 3.70. The molecule has 3 aromatic rings. The molecular formula is C28H28N2O2S. The van der Waals surface area contributed by atoms with E-state index in [1.807, 2.05) is 74.5 Å². The van der Waals surface area contributed by atoms with Crippen molar-refractivity contribution in [1.29, 1.82) is 0 Å². The molecule has 5 heteroatoms. The second-order valence-corrected chi connectivity index (χ2v) is 9.55. The number of fused-ring (bicyclic) bond motifs is 1. The molecule has 0 spiro atoms. The molecule has 0 fully saturated rings. The Balaban J connectivity index is 1.46. The predicted molar refractivity (Wildman–Crippen MR) is 137 cm³/mol. The van der Waals surface area contributed by atoms with Gasteiger partial charge in [-0.25, -0.2) is 0 Å². The summed E-state index contributed by atoms with van der Waals surface area (Å²) in [5.41, 5.74) is 4.74. The van der Waals surface area contributed by atoms with Crippen LogP contribution in [-0.4, -0.2) is 24.9 Å². The van der Waals surface area contributed by atoms with Crippen LogP contribution in [-0.2, 0) is 11.2 Å². The van der Waals surface area contributed by atoms with Gasteiger partial charge in [0.2, 0.25) is 0 Å². The van der Waals surface area contributed by atoms with Crippen molar-refractivity contribution in [3.63, 3.8) is 0 Å². The van der Waals surface area contributed by atoms with Gasteiger partial charge >= 0.3 is 0 Å². The average molecular weight is 457 g/mol. The third-order valence-electron chi connectivity index (χ3n) is 5.74. The van der Waals surface area contributed by atoms with Crippen molar-refractivity contribution in [2.45, 2.75) is 37.6 Å². The van der Waals surface area contributed by atoms with Crippen LogP contribution in [0.4, 0.5) is 5.69 Å². The Morgan fingerprint density at radius 3 is 2.61 bits per heavy atom. The largest absolute Gasteiger partial charge is 0.350 e. The summed E-state index contributed by atoms with van der Waals surface area (Å²) in [7, 11) is 1.76. The fourth-order valence-corrected chi connectivity index (χ4v) is 4.95.